The van der Waals surface area contributed by atoms with Crippen molar-refractivity contribution in [1.82, 2.24) is 0 Å². The minimum atomic E-state index is -0.776. The lowest BCUT2D eigenvalue weighted by Gasteiger charge is -2.18. The second kappa shape index (κ2) is 70.1. The third kappa shape index (κ3) is 68.3. The summed E-state index contributed by atoms with van der Waals surface area (Å²) >= 11 is 0. The number of carbonyl (C=O) groups is 3. The molecule has 6 heteroatoms. The first kappa shape index (κ1) is 78.6. The Kier molecular flexibility index (Phi) is 68.1. The van der Waals surface area contributed by atoms with E-state index < -0.39 is 6.10 Å². The van der Waals surface area contributed by atoms with E-state index in [2.05, 4.69) is 57.2 Å². The molecule has 0 aliphatic heterocycles. The molecule has 0 N–H and O–H groups in total. The van der Waals surface area contributed by atoms with E-state index in [-0.39, 0.29) is 31.1 Å². The lowest BCUT2D eigenvalue weighted by molar-refractivity contribution is -0.167. The summed E-state index contributed by atoms with van der Waals surface area (Å²) in [4.78, 5) is 38.5. The fourth-order valence-electron chi connectivity index (χ4n) is 11.1. The van der Waals surface area contributed by atoms with Crippen molar-refractivity contribution in [3.8, 4) is 0 Å². The molecule has 1 unspecified atom stereocenters. The second-order valence-corrected chi connectivity index (χ2v) is 24.8. The number of hydrogen-bond donors (Lipinski definition) is 0. The molecule has 0 saturated carbocycles. The maximum absolute atomic E-state index is 13.0. The fraction of sp³-hybridized carbons (Fsp3) is 0.880. The van der Waals surface area contributed by atoms with Crippen LogP contribution < -0.4 is 0 Å². The van der Waals surface area contributed by atoms with Crippen LogP contribution in [0.2, 0.25) is 0 Å². The summed E-state index contributed by atoms with van der Waals surface area (Å²) in [6.07, 6.45) is 87.5. The molecule has 1 atom stereocenters. The van der Waals surface area contributed by atoms with Crippen LogP contribution in [0.1, 0.15) is 406 Å². The van der Waals surface area contributed by atoms with Gasteiger partial charge in [0.1, 0.15) is 13.2 Å². The topological polar surface area (TPSA) is 78.9 Å². The number of allylic oxidation sites excluding steroid dienone is 6. The highest BCUT2D eigenvalue weighted by Crippen LogP contribution is 2.18. The Morgan fingerprint density at radius 1 is 0.235 bits per heavy atom. The molecule has 0 aromatic rings. The summed E-state index contributed by atoms with van der Waals surface area (Å²) < 4.78 is 17.0. The molecule has 0 heterocycles. The lowest BCUT2D eigenvalue weighted by atomic mass is 10.0. The van der Waals surface area contributed by atoms with E-state index >= 15 is 0 Å². The quantitative estimate of drug-likeness (QED) is 0.0261. The van der Waals surface area contributed by atoms with Crippen molar-refractivity contribution in [2.45, 2.75) is 412 Å². The average molecular weight is 1140 g/mol. The zero-order chi connectivity index (χ0) is 58.5. The van der Waals surface area contributed by atoms with Gasteiger partial charge in [-0.3, -0.25) is 14.4 Å². The maximum Gasteiger partial charge on any atom is 0.306 e. The molecule has 0 aliphatic rings. The Bertz CT molecular complexity index is 1350. The van der Waals surface area contributed by atoms with Crippen molar-refractivity contribution in [3.63, 3.8) is 0 Å². The zero-order valence-electron chi connectivity index (χ0n) is 54.8. The van der Waals surface area contributed by atoms with Gasteiger partial charge in [-0.05, 0) is 96.3 Å². The highest BCUT2D eigenvalue weighted by atomic mass is 16.6. The van der Waals surface area contributed by atoms with Gasteiger partial charge in [0.15, 0.2) is 6.10 Å². The number of esters is 3. The van der Waals surface area contributed by atoms with Gasteiger partial charge in [-0.2, -0.15) is 0 Å². The van der Waals surface area contributed by atoms with E-state index in [9.17, 15) is 14.4 Å². The Morgan fingerprint density at radius 3 is 0.617 bits per heavy atom. The molecule has 476 valence electrons. The largest absolute Gasteiger partial charge is 0.462 e. The van der Waals surface area contributed by atoms with Gasteiger partial charge in [-0.1, -0.05) is 327 Å². The van der Waals surface area contributed by atoms with Crippen LogP contribution in [0.4, 0.5) is 0 Å². The molecule has 0 spiro atoms. The Balaban J connectivity index is 4.27. The predicted octanol–water partition coefficient (Wildman–Crippen LogP) is 25.1. The van der Waals surface area contributed by atoms with Crippen molar-refractivity contribution in [1.29, 1.82) is 0 Å². The van der Waals surface area contributed by atoms with Crippen LogP contribution in [0.5, 0.6) is 0 Å². The van der Waals surface area contributed by atoms with Gasteiger partial charge in [0, 0.05) is 19.3 Å². The molecule has 0 aromatic heterocycles. The molecular formula is C75H140O6. The molecular weight excluding hydrogens is 997 g/mol. The standard InChI is InChI=1S/C75H140O6/c1-4-7-10-13-16-19-22-25-28-31-34-35-36-37-38-39-40-41-42-45-47-50-53-56-59-62-65-68-74(77)80-71-72(81-75(78)69-66-63-60-57-54-51-48-44-33-30-27-24-21-18-15-12-9-6-3)70-79-73(76)67-64-61-58-55-52-49-46-43-32-29-26-23-20-17-14-11-8-5-2/h29-34,72H,4-28,35-71H2,1-3H3/b32-29-,33-30-,34-31-. The Labute approximate surface area is 506 Å². The molecule has 0 radical (unpaired) electrons. The summed E-state index contributed by atoms with van der Waals surface area (Å²) in [5.74, 6) is -0.850. The van der Waals surface area contributed by atoms with E-state index in [1.807, 2.05) is 0 Å². The van der Waals surface area contributed by atoms with Gasteiger partial charge < -0.3 is 14.2 Å². The van der Waals surface area contributed by atoms with Crippen molar-refractivity contribution in [2.24, 2.45) is 0 Å². The summed E-state index contributed by atoms with van der Waals surface area (Å²) in [6.45, 7) is 6.71. The second-order valence-electron chi connectivity index (χ2n) is 24.8. The zero-order valence-corrected chi connectivity index (χ0v) is 54.8. The molecule has 0 saturated heterocycles. The van der Waals surface area contributed by atoms with Gasteiger partial charge in [-0.15, -0.1) is 0 Å². The molecule has 0 aliphatic carbocycles. The van der Waals surface area contributed by atoms with E-state index in [1.54, 1.807) is 0 Å². The molecule has 0 aromatic carbocycles. The van der Waals surface area contributed by atoms with Crippen molar-refractivity contribution >= 4 is 17.9 Å². The fourth-order valence-corrected chi connectivity index (χ4v) is 11.1. The molecule has 0 amide bonds. The van der Waals surface area contributed by atoms with E-state index in [0.29, 0.717) is 19.3 Å². The van der Waals surface area contributed by atoms with Gasteiger partial charge >= 0.3 is 17.9 Å². The summed E-state index contributed by atoms with van der Waals surface area (Å²) in [5, 5.41) is 0. The van der Waals surface area contributed by atoms with Crippen LogP contribution in [0.3, 0.4) is 0 Å². The third-order valence-corrected chi connectivity index (χ3v) is 16.6. The minimum absolute atomic E-state index is 0.0710. The van der Waals surface area contributed by atoms with Crippen LogP contribution in [0, 0.1) is 0 Å². The first-order valence-electron chi connectivity index (χ1n) is 36.5. The number of unbranched alkanes of at least 4 members (excludes halogenated alkanes) is 51. The molecule has 0 fully saturated rings. The first-order valence-corrected chi connectivity index (χ1v) is 36.5. The lowest BCUT2D eigenvalue weighted by Crippen LogP contribution is -2.30. The summed E-state index contributed by atoms with van der Waals surface area (Å²) in [5.41, 5.74) is 0. The van der Waals surface area contributed by atoms with Crippen LogP contribution in [-0.2, 0) is 28.6 Å². The first-order chi connectivity index (χ1) is 40.0. The van der Waals surface area contributed by atoms with Crippen LogP contribution in [0.25, 0.3) is 0 Å². The number of ether oxygens (including phenoxy) is 3. The maximum atomic E-state index is 13.0. The third-order valence-electron chi connectivity index (χ3n) is 16.6. The normalized spacial score (nSPS) is 12.2. The van der Waals surface area contributed by atoms with Crippen molar-refractivity contribution < 1.29 is 28.6 Å². The highest BCUT2D eigenvalue weighted by Gasteiger charge is 2.19. The molecule has 0 rings (SSSR count). The average Bonchev–Trinajstić information content (AvgIpc) is 3.47. The van der Waals surface area contributed by atoms with E-state index in [4.69, 9.17) is 14.2 Å². The van der Waals surface area contributed by atoms with Crippen LogP contribution >= 0.6 is 0 Å². The van der Waals surface area contributed by atoms with Gasteiger partial charge in [0.2, 0.25) is 0 Å². The SMILES string of the molecule is CCCCCCCCC/C=C\CCCCCCCCCC(=O)OCC(COC(=O)CCCCCCCCCCCCCCCCC/C=C\CCCCCCCCCC)OC(=O)CCCCCCCCC/C=C\CCCCCCCCC. The minimum Gasteiger partial charge on any atom is -0.462 e. The van der Waals surface area contributed by atoms with Gasteiger partial charge in [0.25, 0.3) is 0 Å². The summed E-state index contributed by atoms with van der Waals surface area (Å²) in [6, 6.07) is 0. The van der Waals surface area contributed by atoms with Crippen molar-refractivity contribution in [3.05, 3.63) is 36.5 Å². The number of carbonyl (C=O) groups excluding carboxylic acids is 3. The van der Waals surface area contributed by atoms with Crippen LogP contribution in [-0.4, -0.2) is 37.2 Å². The molecule has 81 heavy (non-hydrogen) atoms. The summed E-state index contributed by atoms with van der Waals surface area (Å²) in [7, 11) is 0. The Morgan fingerprint density at radius 2 is 0.407 bits per heavy atom. The van der Waals surface area contributed by atoms with Gasteiger partial charge in [-0.25, -0.2) is 0 Å². The van der Waals surface area contributed by atoms with E-state index in [0.717, 1.165) is 57.8 Å². The Hall–Kier alpha value is -2.37. The molecule has 6 nitrogen and oxygen atoms in total. The molecule has 0 bridgehead atoms. The predicted molar refractivity (Wildman–Crippen MR) is 353 cm³/mol. The van der Waals surface area contributed by atoms with E-state index in [1.165, 1.54) is 308 Å². The van der Waals surface area contributed by atoms with Gasteiger partial charge in [0.05, 0.1) is 0 Å². The highest BCUT2D eigenvalue weighted by molar-refractivity contribution is 5.71. The number of hydrogen-bond acceptors (Lipinski definition) is 6. The van der Waals surface area contributed by atoms with Crippen molar-refractivity contribution in [2.75, 3.05) is 13.2 Å². The monoisotopic (exact) mass is 1140 g/mol. The van der Waals surface area contributed by atoms with Crippen LogP contribution in [0.15, 0.2) is 36.5 Å². The smallest absolute Gasteiger partial charge is 0.306 e. The number of rotatable bonds is 68.